The molecule has 0 bridgehead atoms. The molecule has 1 amide bonds. The average Bonchev–Trinajstić information content (AvgIpc) is 2.70. The lowest BCUT2D eigenvalue weighted by Crippen LogP contribution is -2.50. The molecule has 1 saturated heterocycles. The Morgan fingerprint density at radius 1 is 0.964 bits per heavy atom. The summed E-state index contributed by atoms with van der Waals surface area (Å²) >= 11 is 0. The van der Waals surface area contributed by atoms with Crippen LogP contribution in [0.5, 0.6) is 5.75 Å². The molecule has 6 heteroatoms. The number of phenolic OH excluding ortho intramolecular Hbond substituents is 1. The Balaban J connectivity index is 1.53. The number of rotatable bonds is 4. The van der Waals surface area contributed by atoms with Crippen molar-refractivity contribution < 1.29 is 19.4 Å². The zero-order valence-corrected chi connectivity index (χ0v) is 16.6. The van der Waals surface area contributed by atoms with Gasteiger partial charge in [-0.2, -0.15) is 0 Å². The van der Waals surface area contributed by atoms with Crippen molar-refractivity contribution in [2.45, 2.75) is 20.8 Å². The van der Waals surface area contributed by atoms with Gasteiger partial charge >= 0.3 is 5.97 Å². The molecule has 0 aliphatic carbocycles. The Morgan fingerprint density at radius 2 is 1.61 bits per heavy atom. The van der Waals surface area contributed by atoms with E-state index >= 15 is 0 Å². The monoisotopic (exact) mass is 382 g/mol. The van der Waals surface area contributed by atoms with Crippen molar-refractivity contribution in [1.82, 2.24) is 4.90 Å². The Morgan fingerprint density at radius 3 is 2.32 bits per heavy atom. The fraction of sp³-hybridized carbons (Fsp3) is 0.364. The minimum Gasteiger partial charge on any atom is -0.507 e. The Bertz CT molecular complexity index is 886. The SMILES string of the molecule is Cc1cccc(N2CCN(C(=O)COC(=O)c3cccc(C)c3O)CC2)c1C. The highest BCUT2D eigenvalue weighted by atomic mass is 16.5. The van der Waals surface area contributed by atoms with E-state index in [4.69, 9.17) is 4.74 Å². The lowest BCUT2D eigenvalue weighted by atomic mass is 10.1. The van der Waals surface area contributed by atoms with Crippen LogP contribution in [0.1, 0.15) is 27.0 Å². The Hall–Kier alpha value is -3.02. The summed E-state index contributed by atoms with van der Waals surface area (Å²) in [5, 5.41) is 9.96. The van der Waals surface area contributed by atoms with Gasteiger partial charge < -0.3 is 19.6 Å². The topological polar surface area (TPSA) is 70.1 Å². The van der Waals surface area contributed by atoms with E-state index in [-0.39, 0.29) is 23.8 Å². The summed E-state index contributed by atoms with van der Waals surface area (Å²) in [7, 11) is 0. The Kier molecular flexibility index (Phi) is 5.87. The van der Waals surface area contributed by atoms with Crippen molar-refractivity contribution in [3.63, 3.8) is 0 Å². The lowest BCUT2D eigenvalue weighted by molar-refractivity contribution is -0.134. The fourth-order valence-electron chi connectivity index (χ4n) is 3.39. The van der Waals surface area contributed by atoms with Gasteiger partial charge in [-0.05, 0) is 49.6 Å². The highest BCUT2D eigenvalue weighted by molar-refractivity contribution is 5.94. The third kappa shape index (κ3) is 4.11. The van der Waals surface area contributed by atoms with Crippen LogP contribution in [0.15, 0.2) is 36.4 Å². The average molecular weight is 382 g/mol. The van der Waals surface area contributed by atoms with Gasteiger partial charge in [0.15, 0.2) is 6.61 Å². The number of aromatic hydroxyl groups is 1. The second-order valence-corrected chi connectivity index (χ2v) is 7.13. The first-order valence-corrected chi connectivity index (χ1v) is 9.43. The maximum absolute atomic E-state index is 12.4. The third-order valence-corrected chi connectivity index (χ3v) is 5.33. The maximum atomic E-state index is 12.4. The zero-order chi connectivity index (χ0) is 20.3. The van der Waals surface area contributed by atoms with Crippen LogP contribution >= 0.6 is 0 Å². The molecule has 3 rings (SSSR count). The number of ether oxygens (including phenoxy) is 1. The molecule has 0 unspecified atom stereocenters. The van der Waals surface area contributed by atoms with Gasteiger partial charge in [0.05, 0.1) is 0 Å². The molecule has 1 fully saturated rings. The van der Waals surface area contributed by atoms with Crippen LogP contribution in [-0.2, 0) is 9.53 Å². The number of piperazine rings is 1. The molecule has 0 spiro atoms. The van der Waals surface area contributed by atoms with Crippen molar-refractivity contribution >= 4 is 17.6 Å². The number of carbonyl (C=O) groups excluding carboxylic acids is 2. The number of phenols is 1. The summed E-state index contributed by atoms with van der Waals surface area (Å²) in [6.07, 6.45) is 0. The number of carbonyl (C=O) groups is 2. The highest BCUT2D eigenvalue weighted by Crippen LogP contribution is 2.24. The van der Waals surface area contributed by atoms with E-state index < -0.39 is 5.97 Å². The molecule has 6 nitrogen and oxygen atoms in total. The van der Waals surface area contributed by atoms with E-state index in [0.29, 0.717) is 18.7 Å². The minimum absolute atomic E-state index is 0.0764. The fourth-order valence-corrected chi connectivity index (χ4v) is 3.39. The molecule has 2 aromatic carbocycles. The highest BCUT2D eigenvalue weighted by Gasteiger charge is 2.24. The number of amides is 1. The summed E-state index contributed by atoms with van der Waals surface area (Å²) in [4.78, 5) is 28.6. The second kappa shape index (κ2) is 8.33. The first-order valence-electron chi connectivity index (χ1n) is 9.43. The lowest BCUT2D eigenvalue weighted by Gasteiger charge is -2.37. The Labute approximate surface area is 165 Å². The van der Waals surface area contributed by atoms with Gasteiger partial charge in [-0.1, -0.05) is 24.3 Å². The molecule has 0 radical (unpaired) electrons. The van der Waals surface area contributed by atoms with Crippen molar-refractivity contribution in [3.8, 4) is 5.75 Å². The van der Waals surface area contributed by atoms with E-state index in [9.17, 15) is 14.7 Å². The molecule has 28 heavy (non-hydrogen) atoms. The molecule has 0 atom stereocenters. The molecule has 1 N–H and O–H groups in total. The third-order valence-electron chi connectivity index (χ3n) is 5.33. The van der Waals surface area contributed by atoms with Crippen LogP contribution in [0, 0.1) is 20.8 Å². The predicted molar refractivity (Wildman–Crippen MR) is 108 cm³/mol. The van der Waals surface area contributed by atoms with Gasteiger partial charge in [-0.15, -0.1) is 0 Å². The van der Waals surface area contributed by atoms with Crippen molar-refractivity contribution in [2.75, 3.05) is 37.7 Å². The molecule has 1 aliphatic heterocycles. The summed E-state index contributed by atoms with van der Waals surface area (Å²) in [6, 6.07) is 11.1. The van der Waals surface area contributed by atoms with E-state index in [2.05, 4.69) is 36.9 Å². The minimum atomic E-state index is -0.691. The maximum Gasteiger partial charge on any atom is 0.342 e. The van der Waals surface area contributed by atoms with Crippen LogP contribution in [0.25, 0.3) is 0 Å². The van der Waals surface area contributed by atoms with E-state index in [0.717, 1.165) is 13.1 Å². The van der Waals surface area contributed by atoms with Gasteiger partial charge in [0.25, 0.3) is 5.91 Å². The summed E-state index contributed by atoms with van der Waals surface area (Å²) in [6.45, 7) is 8.23. The first-order chi connectivity index (χ1) is 13.4. The van der Waals surface area contributed by atoms with Crippen LogP contribution in [0.3, 0.4) is 0 Å². The molecule has 0 saturated carbocycles. The van der Waals surface area contributed by atoms with Crippen molar-refractivity contribution in [2.24, 2.45) is 0 Å². The van der Waals surface area contributed by atoms with Crippen LogP contribution in [-0.4, -0.2) is 54.7 Å². The number of hydrogen-bond donors (Lipinski definition) is 1. The van der Waals surface area contributed by atoms with Crippen LogP contribution in [0.2, 0.25) is 0 Å². The smallest absolute Gasteiger partial charge is 0.342 e. The standard InChI is InChI=1S/C22H26N2O4/c1-15-6-5-9-19(17(15)3)23-10-12-24(13-11-23)20(25)14-28-22(27)18-8-4-7-16(2)21(18)26/h4-9,26H,10-14H2,1-3H3. The van der Waals surface area contributed by atoms with Gasteiger partial charge in [0.1, 0.15) is 11.3 Å². The number of hydrogen-bond acceptors (Lipinski definition) is 5. The molecular formula is C22H26N2O4. The van der Waals surface area contributed by atoms with Crippen LogP contribution in [0.4, 0.5) is 5.69 Å². The number of nitrogens with zero attached hydrogens (tertiary/aromatic N) is 2. The first kappa shape index (κ1) is 19.7. The van der Waals surface area contributed by atoms with Crippen LogP contribution < -0.4 is 4.90 Å². The van der Waals surface area contributed by atoms with E-state index in [1.807, 2.05) is 0 Å². The van der Waals surface area contributed by atoms with Gasteiger partial charge in [-0.25, -0.2) is 4.79 Å². The van der Waals surface area contributed by atoms with E-state index in [1.165, 1.54) is 22.9 Å². The molecule has 1 aliphatic rings. The number of anilines is 1. The zero-order valence-electron chi connectivity index (χ0n) is 16.6. The van der Waals surface area contributed by atoms with E-state index in [1.54, 1.807) is 24.0 Å². The number of para-hydroxylation sites is 1. The van der Waals surface area contributed by atoms with Gasteiger partial charge in [-0.3, -0.25) is 4.79 Å². The normalized spacial score (nSPS) is 14.1. The molecular weight excluding hydrogens is 356 g/mol. The van der Waals surface area contributed by atoms with Crippen molar-refractivity contribution in [3.05, 3.63) is 58.7 Å². The summed E-state index contributed by atoms with van der Waals surface area (Å²) in [5.74, 6) is -1.02. The second-order valence-electron chi connectivity index (χ2n) is 7.13. The molecule has 148 valence electrons. The molecule has 0 aromatic heterocycles. The van der Waals surface area contributed by atoms with Crippen molar-refractivity contribution in [1.29, 1.82) is 0 Å². The number of benzene rings is 2. The summed E-state index contributed by atoms with van der Waals surface area (Å²) in [5.41, 5.74) is 4.38. The molecule has 2 aromatic rings. The number of aryl methyl sites for hydroxylation is 2. The summed E-state index contributed by atoms with van der Waals surface area (Å²) < 4.78 is 5.12. The van der Waals surface area contributed by atoms with Gasteiger partial charge in [0.2, 0.25) is 0 Å². The quantitative estimate of drug-likeness (QED) is 0.824. The number of esters is 1. The largest absolute Gasteiger partial charge is 0.507 e. The van der Waals surface area contributed by atoms with Gasteiger partial charge in [0, 0.05) is 31.9 Å². The molecule has 1 heterocycles. The predicted octanol–water partition coefficient (Wildman–Crippen LogP) is 2.82.